The van der Waals surface area contributed by atoms with Crippen molar-refractivity contribution in [2.75, 3.05) is 13.1 Å². The number of rotatable bonds is 25. The van der Waals surface area contributed by atoms with Crippen LogP contribution in [0.4, 0.5) is 0 Å². The van der Waals surface area contributed by atoms with Crippen molar-refractivity contribution in [2.24, 2.45) is 0 Å². The van der Waals surface area contributed by atoms with Gasteiger partial charge in [0.05, 0.1) is 0 Å². The predicted octanol–water partition coefficient (Wildman–Crippen LogP) is 10.4. The number of hydrogen-bond donors (Lipinski definition) is 0. The van der Waals surface area contributed by atoms with Gasteiger partial charge in [-0.1, -0.05) is 143 Å². The summed E-state index contributed by atoms with van der Waals surface area (Å²) in [5.74, 6) is 0. The summed E-state index contributed by atoms with van der Waals surface area (Å²) in [6, 6.07) is 0. The van der Waals surface area contributed by atoms with Gasteiger partial charge in [0.1, 0.15) is 6.17 Å². The zero-order valence-electron chi connectivity index (χ0n) is 23.3. The standard InChI is InChI=1S/C31H62N2/c1-4-7-10-12-14-16-17-18-20-22-25-28-33-30-29-32(27-24-9-6-3)31(33)26-23-21-19-15-13-11-8-5-2/h29-31H,4-28H2,1-3H3. The number of nitrogens with zero attached hydrogens (tertiary/aromatic N) is 2. The molecule has 2 heteroatoms. The molecule has 0 aliphatic carbocycles. The molecule has 0 aromatic heterocycles. The van der Waals surface area contributed by atoms with Crippen molar-refractivity contribution in [3.8, 4) is 0 Å². The van der Waals surface area contributed by atoms with Crippen LogP contribution in [0.3, 0.4) is 0 Å². The van der Waals surface area contributed by atoms with Gasteiger partial charge in [0.25, 0.3) is 0 Å². The van der Waals surface area contributed by atoms with Crippen molar-refractivity contribution in [1.82, 2.24) is 9.80 Å². The first kappa shape index (κ1) is 30.4. The topological polar surface area (TPSA) is 6.48 Å². The molecule has 1 unspecified atom stereocenters. The van der Waals surface area contributed by atoms with E-state index in [0.717, 1.165) is 0 Å². The van der Waals surface area contributed by atoms with E-state index in [1.807, 2.05) is 0 Å². The van der Waals surface area contributed by atoms with E-state index in [-0.39, 0.29) is 0 Å². The van der Waals surface area contributed by atoms with E-state index < -0.39 is 0 Å². The van der Waals surface area contributed by atoms with Crippen LogP contribution in [0, 0.1) is 0 Å². The third-order valence-electron chi connectivity index (χ3n) is 7.57. The first-order valence-corrected chi connectivity index (χ1v) is 15.5. The SMILES string of the molecule is CCCCCCCCCCCCCN1C=CN(CCCCC)C1CCCCCCCCCC. The average Bonchev–Trinajstić information content (AvgIpc) is 3.21. The maximum absolute atomic E-state index is 2.68. The molecule has 1 aliphatic rings. The lowest BCUT2D eigenvalue weighted by Gasteiger charge is -2.33. The van der Waals surface area contributed by atoms with Crippen molar-refractivity contribution in [3.05, 3.63) is 12.4 Å². The van der Waals surface area contributed by atoms with E-state index in [1.54, 1.807) is 0 Å². The van der Waals surface area contributed by atoms with E-state index in [2.05, 4.69) is 43.0 Å². The zero-order chi connectivity index (χ0) is 23.8. The first-order valence-electron chi connectivity index (χ1n) is 15.5. The third kappa shape index (κ3) is 16.6. The van der Waals surface area contributed by atoms with Gasteiger partial charge >= 0.3 is 0 Å². The van der Waals surface area contributed by atoms with Crippen molar-refractivity contribution in [3.63, 3.8) is 0 Å². The fourth-order valence-corrected chi connectivity index (χ4v) is 5.30. The molecule has 1 rings (SSSR count). The molecule has 0 fully saturated rings. The summed E-state index contributed by atoms with van der Waals surface area (Å²) in [5, 5.41) is 0. The molecule has 33 heavy (non-hydrogen) atoms. The van der Waals surface area contributed by atoms with Crippen LogP contribution in [-0.2, 0) is 0 Å². The second-order valence-corrected chi connectivity index (χ2v) is 10.8. The molecule has 0 aromatic carbocycles. The highest BCUT2D eigenvalue weighted by Crippen LogP contribution is 2.23. The molecule has 0 saturated heterocycles. The molecule has 1 aliphatic heterocycles. The highest BCUT2D eigenvalue weighted by Gasteiger charge is 2.24. The zero-order valence-corrected chi connectivity index (χ0v) is 23.3. The lowest BCUT2D eigenvalue weighted by atomic mass is 10.1. The molecule has 0 spiro atoms. The Morgan fingerprint density at radius 2 is 0.697 bits per heavy atom. The molecule has 0 aromatic rings. The van der Waals surface area contributed by atoms with Crippen LogP contribution >= 0.6 is 0 Å². The van der Waals surface area contributed by atoms with Crippen LogP contribution in [0.5, 0.6) is 0 Å². The Morgan fingerprint density at radius 1 is 0.394 bits per heavy atom. The van der Waals surface area contributed by atoms with Crippen LogP contribution in [0.25, 0.3) is 0 Å². The second kappa shape index (κ2) is 23.1. The minimum Gasteiger partial charge on any atom is -0.356 e. The Hall–Kier alpha value is -0.660. The van der Waals surface area contributed by atoms with Gasteiger partial charge < -0.3 is 9.80 Å². The van der Waals surface area contributed by atoms with Crippen molar-refractivity contribution in [1.29, 1.82) is 0 Å². The van der Waals surface area contributed by atoms with Gasteiger partial charge in [-0.25, -0.2) is 0 Å². The van der Waals surface area contributed by atoms with Crippen molar-refractivity contribution in [2.45, 2.75) is 175 Å². The molecule has 2 nitrogen and oxygen atoms in total. The third-order valence-corrected chi connectivity index (χ3v) is 7.57. The summed E-state index contributed by atoms with van der Waals surface area (Å²) in [6.07, 6.45) is 38.0. The molecular weight excluding hydrogens is 400 g/mol. The molecule has 0 saturated carbocycles. The maximum atomic E-state index is 2.68. The van der Waals surface area contributed by atoms with Crippen LogP contribution in [-0.4, -0.2) is 29.1 Å². The van der Waals surface area contributed by atoms with Crippen LogP contribution in [0.1, 0.15) is 168 Å². The monoisotopic (exact) mass is 462 g/mol. The molecule has 0 amide bonds. The van der Waals surface area contributed by atoms with E-state index in [4.69, 9.17) is 0 Å². The molecular formula is C31H62N2. The van der Waals surface area contributed by atoms with Gasteiger partial charge in [-0.3, -0.25) is 0 Å². The Morgan fingerprint density at radius 3 is 1.12 bits per heavy atom. The lowest BCUT2D eigenvalue weighted by Crippen LogP contribution is -2.39. The highest BCUT2D eigenvalue weighted by atomic mass is 15.4. The number of hydrogen-bond acceptors (Lipinski definition) is 2. The molecule has 1 atom stereocenters. The summed E-state index contributed by atoms with van der Waals surface area (Å²) in [5.41, 5.74) is 0. The number of unbranched alkanes of at least 4 members (excludes halogenated alkanes) is 19. The van der Waals surface area contributed by atoms with Gasteiger partial charge in [-0.15, -0.1) is 0 Å². The fraction of sp³-hybridized carbons (Fsp3) is 0.935. The average molecular weight is 463 g/mol. The largest absolute Gasteiger partial charge is 0.356 e. The quantitative estimate of drug-likeness (QED) is 0.124. The molecule has 0 radical (unpaired) electrons. The van der Waals surface area contributed by atoms with Crippen LogP contribution < -0.4 is 0 Å². The van der Waals surface area contributed by atoms with Gasteiger partial charge in [0, 0.05) is 25.5 Å². The molecule has 196 valence electrons. The fourth-order valence-electron chi connectivity index (χ4n) is 5.30. The summed E-state index contributed by atoms with van der Waals surface area (Å²) < 4.78 is 0. The normalized spacial score (nSPS) is 15.8. The molecule has 0 N–H and O–H groups in total. The van der Waals surface area contributed by atoms with Gasteiger partial charge in [-0.05, 0) is 25.7 Å². The predicted molar refractivity (Wildman–Crippen MR) is 150 cm³/mol. The van der Waals surface area contributed by atoms with E-state index in [1.165, 1.54) is 161 Å². The maximum Gasteiger partial charge on any atom is 0.101 e. The Kier molecular flexibility index (Phi) is 21.3. The van der Waals surface area contributed by atoms with E-state index >= 15 is 0 Å². The summed E-state index contributed by atoms with van der Waals surface area (Å²) >= 11 is 0. The van der Waals surface area contributed by atoms with E-state index in [0.29, 0.717) is 6.17 Å². The van der Waals surface area contributed by atoms with Crippen LogP contribution in [0.2, 0.25) is 0 Å². The summed E-state index contributed by atoms with van der Waals surface area (Å²) in [7, 11) is 0. The Balaban J connectivity index is 2.17. The smallest absolute Gasteiger partial charge is 0.101 e. The Bertz CT molecular complexity index is 419. The summed E-state index contributed by atoms with van der Waals surface area (Å²) in [4.78, 5) is 5.34. The lowest BCUT2D eigenvalue weighted by molar-refractivity contribution is 0.135. The Labute approximate surface area is 210 Å². The van der Waals surface area contributed by atoms with Crippen molar-refractivity contribution >= 4 is 0 Å². The van der Waals surface area contributed by atoms with E-state index in [9.17, 15) is 0 Å². The second-order valence-electron chi connectivity index (χ2n) is 10.8. The van der Waals surface area contributed by atoms with Gasteiger partial charge in [0.2, 0.25) is 0 Å². The minimum atomic E-state index is 0.644. The summed E-state index contributed by atoms with van der Waals surface area (Å²) in [6.45, 7) is 9.45. The van der Waals surface area contributed by atoms with Gasteiger partial charge in [-0.2, -0.15) is 0 Å². The minimum absolute atomic E-state index is 0.644. The van der Waals surface area contributed by atoms with Gasteiger partial charge in [0.15, 0.2) is 0 Å². The van der Waals surface area contributed by atoms with Crippen molar-refractivity contribution < 1.29 is 0 Å². The molecule has 0 bridgehead atoms. The molecule has 1 heterocycles. The van der Waals surface area contributed by atoms with Crippen LogP contribution in [0.15, 0.2) is 12.4 Å². The first-order chi connectivity index (χ1) is 16.3. The highest BCUT2D eigenvalue weighted by molar-refractivity contribution is 4.96.